The van der Waals surface area contributed by atoms with Gasteiger partial charge in [-0.1, -0.05) is 37.1 Å². The number of fused-ring (bicyclic) bond motifs is 1. The number of rotatable bonds is 7. The van der Waals surface area contributed by atoms with E-state index in [1.807, 2.05) is 32.3 Å². The third-order valence-electron chi connectivity index (χ3n) is 5.58. The summed E-state index contributed by atoms with van der Waals surface area (Å²) in [5.74, 6) is -0.577. The van der Waals surface area contributed by atoms with Crippen LogP contribution < -0.4 is 5.32 Å². The van der Waals surface area contributed by atoms with Gasteiger partial charge in [0.25, 0.3) is 0 Å². The Hall–Kier alpha value is -2.21. The van der Waals surface area contributed by atoms with E-state index in [0.29, 0.717) is 6.54 Å². The Labute approximate surface area is 160 Å². The highest BCUT2D eigenvalue weighted by Crippen LogP contribution is 2.37. The van der Waals surface area contributed by atoms with Gasteiger partial charge in [-0.2, -0.15) is 0 Å². The Kier molecular flexibility index (Phi) is 6.26. The molecule has 1 N–H and O–H groups in total. The highest BCUT2D eigenvalue weighted by Gasteiger charge is 2.47. The summed E-state index contributed by atoms with van der Waals surface area (Å²) in [4.78, 5) is 40.6. The van der Waals surface area contributed by atoms with Gasteiger partial charge in [0, 0.05) is 26.1 Å². The van der Waals surface area contributed by atoms with Crippen LogP contribution in [0, 0.1) is 11.8 Å². The Morgan fingerprint density at radius 2 is 1.67 bits per heavy atom. The molecule has 2 aliphatic rings. The van der Waals surface area contributed by atoms with Crippen LogP contribution in [0.5, 0.6) is 0 Å². The lowest BCUT2D eigenvalue weighted by Crippen LogP contribution is -2.35. The molecule has 1 aromatic carbocycles. The number of carbonyl (C=O) groups excluding carboxylic acids is 3. The molecule has 1 saturated heterocycles. The average molecular weight is 371 g/mol. The number of nitrogens with zero attached hydrogens (tertiary/aromatic N) is 2. The van der Waals surface area contributed by atoms with Gasteiger partial charge in [-0.25, -0.2) is 0 Å². The molecule has 1 aliphatic heterocycles. The fourth-order valence-corrected chi connectivity index (χ4v) is 4.17. The summed E-state index contributed by atoms with van der Waals surface area (Å²) in [5.41, 5.74) is 2.26. The average Bonchev–Trinajstić information content (AvgIpc) is 2.90. The van der Waals surface area contributed by atoms with Crippen LogP contribution in [0.2, 0.25) is 0 Å². The zero-order valence-corrected chi connectivity index (χ0v) is 16.2. The van der Waals surface area contributed by atoms with Crippen molar-refractivity contribution in [1.82, 2.24) is 15.1 Å². The molecule has 0 aromatic heterocycles. The van der Waals surface area contributed by atoms with E-state index in [0.717, 1.165) is 37.8 Å². The normalized spacial score (nSPS) is 22.3. The standard InChI is InChI=1S/C21H29N3O3/c1-23(2)14-16-8-4-3-7-15(16)13-22-19(25)11-12-24-20(26)17-9-5-6-10-18(17)21(24)27/h3-4,7-8,17-18H,5-6,9-14H2,1-2H3,(H,22,25)/t17-,18-/m1/s1. The zero-order valence-electron chi connectivity index (χ0n) is 16.2. The SMILES string of the molecule is CN(C)Cc1ccccc1CNC(=O)CCN1C(=O)[C@@H]2CCCC[C@H]2C1=O. The van der Waals surface area contributed by atoms with Crippen molar-refractivity contribution in [3.8, 4) is 0 Å². The van der Waals surface area contributed by atoms with Crippen molar-refractivity contribution in [2.45, 2.75) is 45.2 Å². The second-order valence-electron chi connectivity index (χ2n) is 7.86. The van der Waals surface area contributed by atoms with E-state index in [1.165, 1.54) is 10.5 Å². The van der Waals surface area contributed by atoms with E-state index in [-0.39, 0.29) is 42.5 Å². The van der Waals surface area contributed by atoms with Crippen LogP contribution in [0.25, 0.3) is 0 Å². The number of carbonyl (C=O) groups is 3. The van der Waals surface area contributed by atoms with Crippen LogP contribution >= 0.6 is 0 Å². The molecule has 2 fully saturated rings. The van der Waals surface area contributed by atoms with E-state index in [4.69, 9.17) is 0 Å². The highest BCUT2D eigenvalue weighted by atomic mass is 16.2. The molecule has 6 nitrogen and oxygen atoms in total. The molecule has 2 atom stereocenters. The lowest BCUT2D eigenvalue weighted by Gasteiger charge is -2.19. The fraction of sp³-hybridized carbons (Fsp3) is 0.571. The monoisotopic (exact) mass is 371 g/mol. The molecule has 27 heavy (non-hydrogen) atoms. The predicted octanol–water partition coefficient (Wildman–Crippen LogP) is 1.93. The topological polar surface area (TPSA) is 69.7 Å². The summed E-state index contributed by atoms with van der Waals surface area (Å²) in [6.45, 7) is 1.46. The predicted molar refractivity (Wildman–Crippen MR) is 102 cm³/mol. The van der Waals surface area contributed by atoms with Gasteiger partial charge in [0.1, 0.15) is 0 Å². The maximum atomic E-state index is 12.5. The molecule has 0 spiro atoms. The molecule has 1 aliphatic carbocycles. The molecule has 0 radical (unpaired) electrons. The molecular weight excluding hydrogens is 342 g/mol. The first-order valence-corrected chi connectivity index (χ1v) is 9.81. The van der Waals surface area contributed by atoms with Crippen LogP contribution in [0.1, 0.15) is 43.2 Å². The summed E-state index contributed by atoms with van der Waals surface area (Å²) < 4.78 is 0. The number of hydrogen-bond donors (Lipinski definition) is 1. The van der Waals surface area contributed by atoms with Crippen molar-refractivity contribution < 1.29 is 14.4 Å². The van der Waals surface area contributed by atoms with E-state index >= 15 is 0 Å². The Balaban J connectivity index is 1.51. The summed E-state index contributed by atoms with van der Waals surface area (Å²) in [7, 11) is 4.02. The minimum Gasteiger partial charge on any atom is -0.352 e. The highest BCUT2D eigenvalue weighted by molar-refractivity contribution is 6.05. The summed E-state index contributed by atoms with van der Waals surface area (Å²) >= 11 is 0. The van der Waals surface area contributed by atoms with E-state index in [2.05, 4.69) is 16.3 Å². The summed E-state index contributed by atoms with van der Waals surface area (Å²) in [6.07, 6.45) is 3.80. The van der Waals surface area contributed by atoms with E-state index < -0.39 is 0 Å². The molecule has 1 heterocycles. The number of benzene rings is 1. The molecule has 6 heteroatoms. The van der Waals surface area contributed by atoms with E-state index in [1.54, 1.807) is 0 Å². The second-order valence-corrected chi connectivity index (χ2v) is 7.86. The number of likely N-dealkylation sites (tertiary alicyclic amines) is 1. The molecule has 1 saturated carbocycles. The van der Waals surface area contributed by atoms with Crippen molar-refractivity contribution in [1.29, 1.82) is 0 Å². The third-order valence-corrected chi connectivity index (χ3v) is 5.58. The van der Waals surface area contributed by atoms with Crippen molar-refractivity contribution >= 4 is 17.7 Å². The fourth-order valence-electron chi connectivity index (χ4n) is 4.17. The minimum absolute atomic E-state index is 0.0752. The zero-order chi connectivity index (χ0) is 19.4. The van der Waals surface area contributed by atoms with Crippen molar-refractivity contribution in [2.24, 2.45) is 11.8 Å². The van der Waals surface area contributed by atoms with Crippen LogP contribution in [0.15, 0.2) is 24.3 Å². The molecule has 3 rings (SSSR count). The number of amides is 3. The molecule has 1 aromatic rings. The third kappa shape index (κ3) is 4.56. The van der Waals surface area contributed by atoms with Gasteiger partial charge < -0.3 is 10.2 Å². The minimum atomic E-state index is -0.146. The van der Waals surface area contributed by atoms with E-state index in [9.17, 15) is 14.4 Å². The first-order valence-electron chi connectivity index (χ1n) is 9.81. The Bertz CT molecular complexity index is 692. The Morgan fingerprint density at radius 3 is 2.26 bits per heavy atom. The quantitative estimate of drug-likeness (QED) is 0.744. The first kappa shape index (κ1) is 19.5. The number of imide groups is 1. The van der Waals surface area contributed by atoms with Crippen molar-refractivity contribution in [3.63, 3.8) is 0 Å². The van der Waals surface area contributed by atoms with Crippen LogP contribution in [-0.4, -0.2) is 48.2 Å². The van der Waals surface area contributed by atoms with Gasteiger partial charge in [-0.05, 0) is 38.1 Å². The summed E-state index contributed by atoms with van der Waals surface area (Å²) in [6, 6.07) is 8.03. The second kappa shape index (κ2) is 8.65. The van der Waals surface area contributed by atoms with Crippen LogP contribution in [0.4, 0.5) is 0 Å². The van der Waals surface area contributed by atoms with Gasteiger partial charge in [-0.15, -0.1) is 0 Å². The molecule has 146 valence electrons. The van der Waals surface area contributed by atoms with Crippen LogP contribution in [0.3, 0.4) is 0 Å². The summed E-state index contributed by atoms with van der Waals surface area (Å²) in [5, 5.41) is 2.92. The van der Waals surface area contributed by atoms with Crippen LogP contribution in [-0.2, 0) is 27.5 Å². The van der Waals surface area contributed by atoms with Gasteiger partial charge in [0.2, 0.25) is 17.7 Å². The molecule has 3 amide bonds. The number of nitrogens with one attached hydrogen (secondary N) is 1. The smallest absolute Gasteiger partial charge is 0.233 e. The number of hydrogen-bond acceptors (Lipinski definition) is 4. The van der Waals surface area contributed by atoms with Gasteiger partial charge in [0.15, 0.2) is 0 Å². The maximum Gasteiger partial charge on any atom is 0.233 e. The Morgan fingerprint density at radius 1 is 1.07 bits per heavy atom. The van der Waals surface area contributed by atoms with Gasteiger partial charge in [-0.3, -0.25) is 19.3 Å². The molecule has 0 bridgehead atoms. The van der Waals surface area contributed by atoms with Crippen molar-refractivity contribution in [2.75, 3.05) is 20.6 Å². The molecular formula is C21H29N3O3. The van der Waals surface area contributed by atoms with Crippen molar-refractivity contribution in [3.05, 3.63) is 35.4 Å². The van der Waals surface area contributed by atoms with Gasteiger partial charge >= 0.3 is 0 Å². The lowest BCUT2D eigenvalue weighted by atomic mass is 9.81. The molecule has 0 unspecified atom stereocenters. The maximum absolute atomic E-state index is 12.5. The first-order chi connectivity index (χ1) is 13.0. The lowest BCUT2D eigenvalue weighted by molar-refractivity contribution is -0.140. The van der Waals surface area contributed by atoms with Gasteiger partial charge in [0.05, 0.1) is 11.8 Å². The largest absolute Gasteiger partial charge is 0.352 e.